The molecule has 398 valence electrons. The number of carbonyl (C=O) groups excluding carboxylic acids is 2. The topological polar surface area (TPSA) is 114 Å². The summed E-state index contributed by atoms with van der Waals surface area (Å²) in [5, 5.41) is 2.96. The third kappa shape index (κ3) is 49.9. The molecule has 0 aromatic carbocycles. The van der Waals surface area contributed by atoms with Gasteiger partial charge < -0.3 is 28.5 Å². The van der Waals surface area contributed by atoms with E-state index in [-0.39, 0.29) is 31.3 Å². The van der Waals surface area contributed by atoms with Gasteiger partial charge in [-0.05, 0) is 96.0 Å². The second-order valence-electron chi connectivity index (χ2n) is 19.7. The summed E-state index contributed by atoms with van der Waals surface area (Å²) in [6, 6.07) is -0.934. The van der Waals surface area contributed by atoms with Crippen LogP contribution in [0.25, 0.3) is 0 Å². The SMILES string of the molecule is CCCCC/C=C\C/C=C\C/C=C\C/C=C\CCCCCC(=O)OC(/C=C\CCCCCCCCCCC)C(COP(=O)([O-])OCC[N+](C)(C)C)NC(=O)CC/C=C/C/C=C\CCCCCCCC. The number of nitrogens with zero attached hydrogens (tertiary/aromatic N) is 1. The number of hydrogen-bond acceptors (Lipinski definition) is 7. The van der Waals surface area contributed by atoms with Crippen LogP contribution >= 0.6 is 7.82 Å². The molecule has 1 amide bonds. The highest BCUT2D eigenvalue weighted by Crippen LogP contribution is 2.38. The highest BCUT2D eigenvalue weighted by atomic mass is 31.2. The van der Waals surface area contributed by atoms with Crippen LogP contribution in [0.3, 0.4) is 0 Å². The van der Waals surface area contributed by atoms with Crippen LogP contribution in [0, 0.1) is 0 Å². The number of rotatable bonds is 49. The van der Waals surface area contributed by atoms with Gasteiger partial charge in [0, 0.05) is 12.8 Å². The molecular formula is C59H105N2O7P. The number of likely N-dealkylation sites (N-methyl/N-ethyl adjacent to an activating group) is 1. The molecule has 0 aliphatic heterocycles. The van der Waals surface area contributed by atoms with Crippen LogP contribution in [-0.2, 0) is 27.9 Å². The molecule has 10 heteroatoms. The van der Waals surface area contributed by atoms with Crippen LogP contribution in [0.4, 0.5) is 0 Å². The van der Waals surface area contributed by atoms with E-state index >= 15 is 0 Å². The molecule has 0 saturated heterocycles. The third-order valence-electron chi connectivity index (χ3n) is 11.8. The van der Waals surface area contributed by atoms with Gasteiger partial charge in [-0.3, -0.25) is 14.2 Å². The Morgan fingerprint density at radius 3 is 1.38 bits per heavy atom. The van der Waals surface area contributed by atoms with E-state index in [4.69, 9.17) is 13.8 Å². The van der Waals surface area contributed by atoms with Crippen LogP contribution in [0.2, 0.25) is 0 Å². The molecule has 0 spiro atoms. The van der Waals surface area contributed by atoms with Crippen molar-refractivity contribution < 1.29 is 37.3 Å². The van der Waals surface area contributed by atoms with Gasteiger partial charge in [-0.1, -0.05) is 202 Å². The van der Waals surface area contributed by atoms with Crippen LogP contribution < -0.4 is 10.2 Å². The lowest BCUT2D eigenvalue weighted by Crippen LogP contribution is -2.47. The van der Waals surface area contributed by atoms with Gasteiger partial charge in [0.1, 0.15) is 19.3 Å². The summed E-state index contributed by atoms with van der Waals surface area (Å²) in [5.74, 6) is -0.662. The van der Waals surface area contributed by atoms with Crippen LogP contribution in [0.15, 0.2) is 85.1 Å². The Morgan fingerprint density at radius 1 is 0.507 bits per heavy atom. The van der Waals surface area contributed by atoms with Crippen LogP contribution in [-0.4, -0.2) is 69.4 Å². The lowest BCUT2D eigenvalue weighted by Gasteiger charge is -2.30. The van der Waals surface area contributed by atoms with Crippen molar-refractivity contribution in [1.82, 2.24) is 5.32 Å². The standard InChI is InChI=1S/C59H105N2O7P/c1-7-10-13-16-19-22-25-27-28-29-30-31-32-34-37-40-43-46-49-52-59(63)68-57(50-47-44-41-38-35-24-21-18-15-12-9-3)56(55-67-69(64,65)66-54-53-61(4,5)6)60-58(62)51-48-45-42-39-36-33-26-23-20-17-14-11-8-2/h19,22,27-28,30-31,33-34,36-37,42,45,47,50,56-57H,7-18,20-21,23-26,29,32,35,38-41,43-44,46,48-49,51-55H2,1-6H3,(H-,60,62,64,65)/b22-19-,28-27-,31-30-,36-33-,37-34-,45-42+,50-47-. The lowest BCUT2D eigenvalue weighted by atomic mass is 10.1. The maximum atomic E-state index is 13.4. The van der Waals surface area contributed by atoms with Gasteiger partial charge in [0.25, 0.3) is 7.82 Å². The highest BCUT2D eigenvalue weighted by molar-refractivity contribution is 7.45. The maximum Gasteiger partial charge on any atom is 0.306 e. The van der Waals surface area contributed by atoms with E-state index in [0.29, 0.717) is 23.9 Å². The first-order valence-electron chi connectivity index (χ1n) is 27.9. The number of phosphoric ester groups is 1. The van der Waals surface area contributed by atoms with Gasteiger partial charge in [-0.15, -0.1) is 0 Å². The zero-order chi connectivity index (χ0) is 50.8. The Hall–Kier alpha value is -2.81. The third-order valence-corrected chi connectivity index (χ3v) is 12.8. The number of allylic oxidation sites excluding steroid dienone is 13. The number of unbranched alkanes of at least 4 members (excludes halogenated alkanes) is 21. The molecule has 3 unspecified atom stereocenters. The Morgan fingerprint density at radius 2 is 0.899 bits per heavy atom. The van der Waals surface area contributed by atoms with Crippen molar-refractivity contribution in [3.63, 3.8) is 0 Å². The van der Waals surface area contributed by atoms with Crippen molar-refractivity contribution in [3.05, 3.63) is 85.1 Å². The van der Waals surface area contributed by atoms with Gasteiger partial charge in [0.2, 0.25) is 5.91 Å². The number of esters is 1. The summed E-state index contributed by atoms with van der Waals surface area (Å²) in [5.41, 5.74) is 0. The molecule has 0 bridgehead atoms. The average Bonchev–Trinajstić information content (AvgIpc) is 3.31. The second-order valence-corrected chi connectivity index (χ2v) is 21.1. The minimum Gasteiger partial charge on any atom is -0.756 e. The zero-order valence-electron chi connectivity index (χ0n) is 45.2. The number of phosphoric acid groups is 1. The molecule has 0 aliphatic carbocycles. The molecule has 3 atom stereocenters. The molecule has 0 fully saturated rings. The Kier molecular flexibility index (Phi) is 46.8. The second kappa shape index (κ2) is 48.8. The summed E-state index contributed by atoms with van der Waals surface area (Å²) >= 11 is 0. The minimum atomic E-state index is -4.71. The predicted molar refractivity (Wildman–Crippen MR) is 293 cm³/mol. The minimum absolute atomic E-state index is 0.0403. The van der Waals surface area contributed by atoms with Crippen molar-refractivity contribution in [2.45, 2.75) is 238 Å². The number of nitrogens with one attached hydrogen (secondary N) is 1. The largest absolute Gasteiger partial charge is 0.756 e. The Bertz CT molecular complexity index is 1460. The van der Waals surface area contributed by atoms with Crippen molar-refractivity contribution in [1.29, 1.82) is 0 Å². The van der Waals surface area contributed by atoms with Gasteiger partial charge >= 0.3 is 5.97 Å². The number of hydrogen-bond donors (Lipinski definition) is 1. The molecule has 69 heavy (non-hydrogen) atoms. The van der Waals surface area contributed by atoms with Crippen molar-refractivity contribution in [2.75, 3.05) is 40.9 Å². The molecule has 0 saturated carbocycles. The fraction of sp³-hybridized carbons (Fsp3) is 0.729. The smallest absolute Gasteiger partial charge is 0.306 e. The fourth-order valence-corrected chi connectivity index (χ4v) is 8.16. The van der Waals surface area contributed by atoms with Gasteiger partial charge in [-0.25, -0.2) is 0 Å². The summed E-state index contributed by atoms with van der Waals surface area (Å²) < 4.78 is 30.1. The van der Waals surface area contributed by atoms with Gasteiger partial charge in [0.05, 0.1) is 33.8 Å². The van der Waals surface area contributed by atoms with Crippen LogP contribution in [0.1, 0.15) is 226 Å². The maximum absolute atomic E-state index is 13.4. The quantitative estimate of drug-likeness (QED) is 0.0212. The Balaban J connectivity index is 5.46. The van der Waals surface area contributed by atoms with Crippen molar-refractivity contribution in [3.8, 4) is 0 Å². The molecule has 0 aromatic rings. The summed E-state index contributed by atoms with van der Waals surface area (Å²) in [6.45, 7) is 6.71. The van der Waals surface area contributed by atoms with E-state index in [9.17, 15) is 19.0 Å². The average molecular weight is 985 g/mol. The van der Waals surface area contributed by atoms with Gasteiger partial charge in [0.15, 0.2) is 0 Å². The normalized spacial score (nSPS) is 14.5. The summed E-state index contributed by atoms with van der Waals surface area (Å²) in [6.07, 6.45) is 62.8. The molecule has 0 radical (unpaired) electrons. The van der Waals surface area contributed by atoms with E-state index in [1.54, 1.807) is 6.08 Å². The Labute approximate surface area is 425 Å². The van der Waals surface area contributed by atoms with E-state index in [0.717, 1.165) is 70.6 Å². The van der Waals surface area contributed by atoms with Gasteiger partial charge in [-0.2, -0.15) is 0 Å². The number of ether oxygens (including phenoxy) is 1. The monoisotopic (exact) mass is 985 g/mol. The van der Waals surface area contributed by atoms with E-state index in [1.165, 1.54) is 109 Å². The molecule has 0 heterocycles. The molecule has 1 N–H and O–H groups in total. The molecule has 0 aromatic heterocycles. The van der Waals surface area contributed by atoms with E-state index in [1.807, 2.05) is 33.3 Å². The summed E-state index contributed by atoms with van der Waals surface area (Å²) in [7, 11) is 1.12. The number of quaternary nitrogens is 1. The van der Waals surface area contributed by atoms with Crippen molar-refractivity contribution >= 4 is 19.7 Å². The lowest BCUT2D eigenvalue weighted by molar-refractivity contribution is -0.870. The first-order chi connectivity index (χ1) is 33.4. The van der Waals surface area contributed by atoms with Crippen molar-refractivity contribution in [2.24, 2.45) is 0 Å². The highest BCUT2D eigenvalue weighted by Gasteiger charge is 2.27. The van der Waals surface area contributed by atoms with E-state index < -0.39 is 26.6 Å². The first-order valence-corrected chi connectivity index (χ1v) is 29.4. The van der Waals surface area contributed by atoms with E-state index in [2.05, 4.69) is 92.9 Å². The molecule has 0 aliphatic rings. The molecular weight excluding hydrogens is 880 g/mol. The fourth-order valence-electron chi connectivity index (χ4n) is 7.44. The number of carbonyl (C=O) groups is 2. The number of amides is 1. The summed E-state index contributed by atoms with van der Waals surface area (Å²) in [4.78, 5) is 39.7. The van der Waals surface area contributed by atoms with Crippen LogP contribution in [0.5, 0.6) is 0 Å². The molecule has 0 rings (SSSR count). The first kappa shape index (κ1) is 66.2. The zero-order valence-corrected chi connectivity index (χ0v) is 46.1. The molecule has 9 nitrogen and oxygen atoms in total. The predicted octanol–water partition coefficient (Wildman–Crippen LogP) is 16.0.